The normalized spacial score (nSPS) is 17.2. The summed E-state index contributed by atoms with van der Waals surface area (Å²) in [7, 11) is 0. The van der Waals surface area contributed by atoms with E-state index in [1.54, 1.807) is 12.1 Å². The van der Waals surface area contributed by atoms with E-state index in [1.165, 1.54) is 38.2 Å². The number of carbonyl (C=O) groups excluding carboxylic acids is 1. The third-order valence-corrected chi connectivity index (χ3v) is 5.24. The Morgan fingerprint density at radius 1 is 1.32 bits per heavy atom. The molecule has 1 aromatic rings. The van der Waals surface area contributed by atoms with Gasteiger partial charge in [-0.05, 0) is 65.2 Å². The summed E-state index contributed by atoms with van der Waals surface area (Å²) in [6.07, 6.45) is 8.47. The number of primary amides is 1. The van der Waals surface area contributed by atoms with E-state index in [2.05, 4.69) is 21.2 Å². The molecule has 122 valence electrons. The molecule has 1 aliphatic rings. The van der Waals surface area contributed by atoms with Gasteiger partial charge in [0, 0.05) is 18.7 Å². The van der Waals surface area contributed by atoms with Crippen molar-refractivity contribution in [2.75, 3.05) is 11.9 Å². The predicted molar refractivity (Wildman–Crippen MR) is 91.2 cm³/mol. The molecule has 22 heavy (non-hydrogen) atoms. The van der Waals surface area contributed by atoms with Crippen LogP contribution in [-0.2, 0) is 4.79 Å². The molecule has 0 atom stereocenters. The van der Waals surface area contributed by atoms with Crippen LogP contribution >= 0.6 is 15.9 Å². The van der Waals surface area contributed by atoms with E-state index in [1.807, 2.05) is 0 Å². The minimum Gasteiger partial charge on any atom is -0.384 e. The van der Waals surface area contributed by atoms with Gasteiger partial charge in [0.1, 0.15) is 5.82 Å². The van der Waals surface area contributed by atoms with Crippen molar-refractivity contribution < 1.29 is 9.18 Å². The van der Waals surface area contributed by atoms with Crippen molar-refractivity contribution in [3.63, 3.8) is 0 Å². The number of carbonyl (C=O) groups is 1. The van der Waals surface area contributed by atoms with Crippen LogP contribution in [0.1, 0.15) is 51.4 Å². The number of nitrogens with two attached hydrogens (primary N) is 1. The number of hydrogen-bond donors (Lipinski definition) is 2. The highest BCUT2D eigenvalue weighted by atomic mass is 79.9. The maximum atomic E-state index is 13.3. The first kappa shape index (κ1) is 17.3. The second-order valence-corrected chi connectivity index (χ2v) is 7.22. The third kappa shape index (κ3) is 4.97. The van der Waals surface area contributed by atoms with Crippen LogP contribution in [0, 0.1) is 11.2 Å². The molecule has 0 saturated heterocycles. The van der Waals surface area contributed by atoms with Crippen molar-refractivity contribution >= 4 is 27.5 Å². The number of nitrogens with one attached hydrogen (secondary N) is 1. The Kier molecular flexibility index (Phi) is 6.24. The molecule has 0 aromatic heterocycles. The molecule has 1 amide bonds. The summed E-state index contributed by atoms with van der Waals surface area (Å²) >= 11 is 3.22. The smallest absolute Gasteiger partial charge is 0.217 e. The number of anilines is 1. The zero-order valence-corrected chi connectivity index (χ0v) is 14.4. The average molecular weight is 371 g/mol. The Bertz CT molecular complexity index is 515. The number of benzene rings is 1. The molecule has 3 nitrogen and oxygen atoms in total. The second kappa shape index (κ2) is 7.95. The van der Waals surface area contributed by atoms with E-state index >= 15 is 0 Å². The summed E-state index contributed by atoms with van der Waals surface area (Å²) in [6.45, 7) is 0.865. The van der Waals surface area contributed by atoms with Crippen LogP contribution in [0.5, 0.6) is 0 Å². The van der Waals surface area contributed by atoms with Crippen LogP contribution in [-0.4, -0.2) is 12.5 Å². The molecule has 0 spiro atoms. The molecule has 1 aliphatic carbocycles. The molecule has 1 aromatic carbocycles. The first-order valence-corrected chi connectivity index (χ1v) is 8.77. The van der Waals surface area contributed by atoms with Gasteiger partial charge in [0.25, 0.3) is 0 Å². The molecule has 3 N–H and O–H groups in total. The van der Waals surface area contributed by atoms with Crippen LogP contribution in [0.4, 0.5) is 10.1 Å². The van der Waals surface area contributed by atoms with Gasteiger partial charge in [0.15, 0.2) is 0 Å². The number of hydrogen-bond acceptors (Lipinski definition) is 2. The van der Waals surface area contributed by atoms with Gasteiger partial charge < -0.3 is 11.1 Å². The first-order chi connectivity index (χ1) is 10.5. The summed E-state index contributed by atoms with van der Waals surface area (Å²) in [5.74, 6) is -0.472. The van der Waals surface area contributed by atoms with Gasteiger partial charge in [-0.25, -0.2) is 4.39 Å². The maximum absolute atomic E-state index is 13.3. The molecule has 5 heteroatoms. The molecule has 1 saturated carbocycles. The summed E-state index contributed by atoms with van der Waals surface area (Å²) < 4.78 is 13.8. The van der Waals surface area contributed by atoms with Crippen LogP contribution in [0.2, 0.25) is 0 Å². The zero-order chi connectivity index (χ0) is 16.0. The highest BCUT2D eigenvalue weighted by molar-refractivity contribution is 9.10. The van der Waals surface area contributed by atoms with Crippen molar-refractivity contribution in [1.82, 2.24) is 0 Å². The van der Waals surface area contributed by atoms with Gasteiger partial charge in [-0.2, -0.15) is 0 Å². The van der Waals surface area contributed by atoms with Gasteiger partial charge in [0.2, 0.25) is 5.91 Å². The third-order valence-electron chi connectivity index (χ3n) is 4.63. The van der Waals surface area contributed by atoms with Crippen molar-refractivity contribution in [2.45, 2.75) is 51.4 Å². The Labute approximate surface area is 140 Å². The molecular weight excluding hydrogens is 347 g/mol. The highest BCUT2D eigenvalue weighted by Crippen LogP contribution is 2.40. The highest BCUT2D eigenvalue weighted by Gasteiger charge is 2.31. The standard InChI is InChI=1S/C17H24BrFN2O/c18-14-11-13(6-7-15(14)19)21-12-17(8-2-1-3-9-17)10-4-5-16(20)22/h6-7,11,21H,1-5,8-10,12H2,(H2,20,22). The average Bonchev–Trinajstić information content (AvgIpc) is 2.49. The van der Waals surface area contributed by atoms with Crippen LogP contribution < -0.4 is 11.1 Å². The Hall–Kier alpha value is -1.10. The molecule has 1 fully saturated rings. The van der Waals surface area contributed by atoms with Gasteiger partial charge in [-0.15, -0.1) is 0 Å². The molecule has 0 heterocycles. The Morgan fingerprint density at radius 2 is 2.05 bits per heavy atom. The lowest BCUT2D eigenvalue weighted by Gasteiger charge is -2.38. The van der Waals surface area contributed by atoms with Gasteiger partial charge >= 0.3 is 0 Å². The zero-order valence-electron chi connectivity index (χ0n) is 12.8. The minimum absolute atomic E-state index is 0.221. The minimum atomic E-state index is -0.251. The fraction of sp³-hybridized carbons (Fsp3) is 0.588. The van der Waals surface area contributed by atoms with E-state index in [4.69, 9.17) is 5.73 Å². The largest absolute Gasteiger partial charge is 0.384 e. The van der Waals surface area contributed by atoms with Crippen molar-refractivity contribution in [3.05, 3.63) is 28.5 Å². The van der Waals surface area contributed by atoms with E-state index in [0.29, 0.717) is 10.9 Å². The summed E-state index contributed by atoms with van der Waals surface area (Å²) in [5, 5.41) is 3.45. The number of halogens is 2. The number of amides is 1. The van der Waals surface area contributed by atoms with E-state index in [9.17, 15) is 9.18 Å². The lowest BCUT2D eigenvalue weighted by molar-refractivity contribution is -0.118. The van der Waals surface area contributed by atoms with Gasteiger partial charge in [-0.1, -0.05) is 19.3 Å². The summed E-state index contributed by atoms with van der Waals surface area (Å²) in [6, 6.07) is 5.00. The lowest BCUT2D eigenvalue weighted by Crippen LogP contribution is -2.32. The fourth-order valence-electron chi connectivity index (χ4n) is 3.35. The van der Waals surface area contributed by atoms with Crippen LogP contribution in [0.3, 0.4) is 0 Å². The van der Waals surface area contributed by atoms with E-state index < -0.39 is 0 Å². The fourth-order valence-corrected chi connectivity index (χ4v) is 3.73. The summed E-state index contributed by atoms with van der Waals surface area (Å²) in [5.41, 5.74) is 6.41. The van der Waals surface area contributed by atoms with E-state index in [0.717, 1.165) is 25.1 Å². The van der Waals surface area contributed by atoms with Crippen molar-refractivity contribution in [1.29, 1.82) is 0 Å². The van der Waals surface area contributed by atoms with Gasteiger partial charge in [0.05, 0.1) is 4.47 Å². The van der Waals surface area contributed by atoms with Crippen LogP contribution in [0.25, 0.3) is 0 Å². The maximum Gasteiger partial charge on any atom is 0.217 e. The topological polar surface area (TPSA) is 55.1 Å². The Balaban J connectivity index is 1.96. The Morgan fingerprint density at radius 3 is 2.68 bits per heavy atom. The monoisotopic (exact) mass is 370 g/mol. The molecule has 0 aliphatic heterocycles. The van der Waals surface area contributed by atoms with Crippen molar-refractivity contribution in [3.8, 4) is 0 Å². The van der Waals surface area contributed by atoms with Gasteiger partial charge in [-0.3, -0.25) is 4.79 Å². The van der Waals surface area contributed by atoms with Crippen LogP contribution in [0.15, 0.2) is 22.7 Å². The predicted octanol–water partition coefficient (Wildman–Crippen LogP) is 4.61. The lowest BCUT2D eigenvalue weighted by atomic mass is 9.71. The molecular formula is C17H24BrFN2O. The summed E-state index contributed by atoms with van der Waals surface area (Å²) in [4.78, 5) is 11.0. The second-order valence-electron chi connectivity index (χ2n) is 6.36. The molecule has 0 bridgehead atoms. The first-order valence-electron chi connectivity index (χ1n) is 7.98. The van der Waals surface area contributed by atoms with E-state index in [-0.39, 0.29) is 17.1 Å². The molecule has 0 radical (unpaired) electrons. The van der Waals surface area contributed by atoms with Crippen molar-refractivity contribution in [2.24, 2.45) is 11.1 Å². The molecule has 0 unspecified atom stereocenters. The molecule has 2 rings (SSSR count). The SMILES string of the molecule is NC(=O)CCCC1(CNc2ccc(F)c(Br)c2)CCCCC1. The number of rotatable bonds is 7. The quantitative estimate of drug-likeness (QED) is 0.736.